The van der Waals surface area contributed by atoms with Gasteiger partial charge in [0.1, 0.15) is 0 Å². The normalized spacial score (nSPS) is 50.7. The summed E-state index contributed by atoms with van der Waals surface area (Å²) in [4.78, 5) is 0. The Morgan fingerprint density at radius 2 is 2.00 bits per heavy atom. The van der Waals surface area contributed by atoms with Crippen LogP contribution in [0.5, 0.6) is 0 Å². The van der Waals surface area contributed by atoms with Crippen molar-refractivity contribution >= 4 is 18.9 Å². The first-order chi connectivity index (χ1) is 8.70. The molecule has 1 spiro atoms. The minimum absolute atomic E-state index is 0.161. The van der Waals surface area contributed by atoms with Gasteiger partial charge >= 0.3 is 0 Å². The number of rotatable bonds is 0. The lowest BCUT2D eigenvalue weighted by Gasteiger charge is -2.34. The van der Waals surface area contributed by atoms with Crippen molar-refractivity contribution in [3.63, 3.8) is 0 Å². The quantitative estimate of drug-likeness (QED) is 0.600. The van der Waals surface area contributed by atoms with E-state index in [4.69, 9.17) is 15.8 Å². The molecule has 2 aliphatic heterocycles. The average molecular weight is 288 g/mol. The van der Waals surface area contributed by atoms with Gasteiger partial charge in [0.2, 0.25) is 7.65 Å². The highest BCUT2D eigenvalue weighted by Gasteiger charge is 2.61. The first kappa shape index (κ1) is 12.4. The second-order valence-electron chi connectivity index (χ2n) is 6.97. The van der Waals surface area contributed by atoms with Crippen LogP contribution in [0.1, 0.15) is 58.3 Å². The zero-order valence-corrected chi connectivity index (χ0v) is 12.8. The lowest BCUT2D eigenvalue weighted by atomic mass is 9.78. The molecule has 0 amide bonds. The molecule has 0 bridgehead atoms. The van der Waals surface area contributed by atoms with Gasteiger partial charge in [-0.25, -0.2) is 4.67 Å². The molecular formula is C14H23ClNOP. The molecule has 4 heteroatoms. The lowest BCUT2D eigenvalue weighted by molar-refractivity contribution is 0.0754. The lowest BCUT2D eigenvalue weighted by Crippen LogP contribution is -2.41. The van der Waals surface area contributed by atoms with Crippen molar-refractivity contribution in [3.05, 3.63) is 0 Å². The van der Waals surface area contributed by atoms with E-state index in [1.165, 1.54) is 51.4 Å². The van der Waals surface area contributed by atoms with E-state index < -0.39 is 7.65 Å². The molecule has 102 valence electrons. The third-order valence-electron chi connectivity index (χ3n) is 5.89. The summed E-state index contributed by atoms with van der Waals surface area (Å²) in [6.45, 7) is 2.42. The van der Waals surface area contributed by atoms with Crippen LogP contribution in [-0.2, 0) is 4.52 Å². The van der Waals surface area contributed by atoms with Gasteiger partial charge in [-0.1, -0.05) is 19.8 Å². The van der Waals surface area contributed by atoms with Crippen LogP contribution in [0, 0.1) is 11.8 Å². The minimum atomic E-state index is -0.817. The fourth-order valence-corrected chi connectivity index (χ4v) is 7.87. The number of fused-ring (bicyclic) bond motifs is 4. The predicted molar refractivity (Wildman–Crippen MR) is 75.6 cm³/mol. The van der Waals surface area contributed by atoms with E-state index in [1.54, 1.807) is 0 Å². The molecule has 2 saturated heterocycles. The molecule has 2 nitrogen and oxygen atoms in total. The molecular weight excluding hydrogens is 265 g/mol. The molecule has 0 N–H and O–H groups in total. The van der Waals surface area contributed by atoms with Crippen molar-refractivity contribution in [1.29, 1.82) is 0 Å². The molecule has 0 aromatic heterocycles. The summed E-state index contributed by atoms with van der Waals surface area (Å²) in [5, 5.41) is 0. The number of hydrogen-bond donors (Lipinski definition) is 0. The zero-order valence-electron chi connectivity index (χ0n) is 11.1. The van der Waals surface area contributed by atoms with Crippen molar-refractivity contribution in [2.45, 2.75) is 76.0 Å². The van der Waals surface area contributed by atoms with Gasteiger partial charge in [0.25, 0.3) is 0 Å². The highest BCUT2D eigenvalue weighted by molar-refractivity contribution is 7.78. The molecule has 2 aliphatic carbocycles. The Morgan fingerprint density at radius 3 is 2.78 bits per heavy atom. The fourth-order valence-electron chi connectivity index (χ4n) is 5.05. The Labute approximate surface area is 116 Å². The Kier molecular flexibility index (Phi) is 2.97. The summed E-state index contributed by atoms with van der Waals surface area (Å²) >= 11 is 6.61. The van der Waals surface area contributed by atoms with Crippen LogP contribution >= 0.6 is 18.9 Å². The summed E-state index contributed by atoms with van der Waals surface area (Å²) < 4.78 is 8.93. The minimum Gasteiger partial charge on any atom is -0.323 e. The molecule has 5 atom stereocenters. The zero-order chi connectivity index (χ0) is 12.3. The Hall–Kier alpha value is 0.640. The van der Waals surface area contributed by atoms with Crippen molar-refractivity contribution in [1.82, 2.24) is 4.67 Å². The number of nitrogens with zero attached hydrogens (tertiary/aromatic N) is 1. The SMILES string of the molecule is CC1CC[C@H]2[C@@H](C1)C[C@@H]1N2P(Cl)OC12CCCC2. The van der Waals surface area contributed by atoms with Gasteiger partial charge in [-0.05, 0) is 61.6 Å². The molecule has 4 aliphatic rings. The monoisotopic (exact) mass is 287 g/mol. The number of hydrogen-bond acceptors (Lipinski definition) is 2. The van der Waals surface area contributed by atoms with Gasteiger partial charge in [-0.3, -0.25) is 0 Å². The molecule has 18 heavy (non-hydrogen) atoms. The summed E-state index contributed by atoms with van der Waals surface area (Å²) in [5.41, 5.74) is 0.161. The van der Waals surface area contributed by atoms with Gasteiger partial charge in [0.05, 0.1) is 5.60 Å². The molecule has 2 saturated carbocycles. The van der Waals surface area contributed by atoms with E-state index in [0.29, 0.717) is 6.04 Å². The smallest absolute Gasteiger partial charge is 0.208 e. The fraction of sp³-hybridized carbons (Fsp3) is 1.00. The number of halogens is 1. The van der Waals surface area contributed by atoms with Crippen molar-refractivity contribution in [3.8, 4) is 0 Å². The second kappa shape index (κ2) is 4.32. The second-order valence-corrected chi connectivity index (χ2v) is 8.93. The standard InChI is InChI=1S/C14H23ClNOP/c1-10-4-5-12-11(8-10)9-13-14(6-2-3-7-14)17-18(15)16(12)13/h10-13H,2-9H2,1H3/t10?,11-,12-,13-,18?/m0/s1. The summed E-state index contributed by atoms with van der Waals surface area (Å²) in [5.74, 6) is 1.83. The van der Waals surface area contributed by atoms with Gasteiger partial charge in [-0.15, -0.1) is 0 Å². The van der Waals surface area contributed by atoms with E-state index in [9.17, 15) is 0 Å². The van der Waals surface area contributed by atoms with E-state index in [1.807, 2.05) is 0 Å². The van der Waals surface area contributed by atoms with Gasteiger partial charge in [0.15, 0.2) is 0 Å². The van der Waals surface area contributed by atoms with E-state index in [-0.39, 0.29) is 5.60 Å². The highest BCUT2D eigenvalue weighted by Crippen LogP contribution is 2.69. The van der Waals surface area contributed by atoms with Gasteiger partial charge in [-0.2, -0.15) is 0 Å². The first-order valence-corrected chi connectivity index (χ1v) is 9.75. The molecule has 2 unspecified atom stereocenters. The molecule has 0 aromatic carbocycles. The van der Waals surface area contributed by atoms with Gasteiger partial charge < -0.3 is 4.52 Å². The molecule has 0 radical (unpaired) electrons. The van der Waals surface area contributed by atoms with Crippen LogP contribution in [0.4, 0.5) is 0 Å². The first-order valence-electron chi connectivity index (χ1n) is 7.63. The molecule has 4 fully saturated rings. The van der Waals surface area contributed by atoms with Crippen molar-refractivity contribution in [2.24, 2.45) is 11.8 Å². The maximum absolute atomic E-state index is 6.61. The van der Waals surface area contributed by atoms with Crippen molar-refractivity contribution < 1.29 is 4.52 Å². The maximum Gasteiger partial charge on any atom is 0.208 e. The third kappa shape index (κ3) is 1.65. The van der Waals surface area contributed by atoms with Crippen LogP contribution in [0.15, 0.2) is 0 Å². The highest BCUT2D eigenvalue weighted by atomic mass is 35.7. The maximum atomic E-state index is 6.61. The van der Waals surface area contributed by atoms with Crippen LogP contribution in [0.25, 0.3) is 0 Å². The molecule has 4 rings (SSSR count). The Bertz CT molecular complexity index is 347. The summed E-state index contributed by atoms with van der Waals surface area (Å²) in [6, 6.07) is 1.40. The van der Waals surface area contributed by atoms with Crippen LogP contribution in [0.3, 0.4) is 0 Å². The van der Waals surface area contributed by atoms with Crippen LogP contribution in [0.2, 0.25) is 0 Å². The Morgan fingerprint density at radius 1 is 1.22 bits per heavy atom. The van der Waals surface area contributed by atoms with Crippen molar-refractivity contribution in [2.75, 3.05) is 0 Å². The molecule has 2 heterocycles. The van der Waals surface area contributed by atoms with E-state index in [2.05, 4.69) is 11.6 Å². The van der Waals surface area contributed by atoms with E-state index in [0.717, 1.165) is 17.9 Å². The Balaban J connectivity index is 1.62. The topological polar surface area (TPSA) is 12.5 Å². The summed E-state index contributed by atoms with van der Waals surface area (Å²) in [6.07, 6.45) is 10.7. The van der Waals surface area contributed by atoms with Gasteiger partial charge in [0, 0.05) is 12.1 Å². The summed E-state index contributed by atoms with van der Waals surface area (Å²) in [7, 11) is -0.817. The van der Waals surface area contributed by atoms with Crippen LogP contribution < -0.4 is 0 Å². The van der Waals surface area contributed by atoms with Crippen LogP contribution in [-0.4, -0.2) is 22.4 Å². The molecule has 0 aromatic rings. The third-order valence-corrected chi connectivity index (χ3v) is 8.07. The van der Waals surface area contributed by atoms with E-state index >= 15 is 0 Å². The largest absolute Gasteiger partial charge is 0.323 e. The average Bonchev–Trinajstić information content (AvgIpc) is 2.98. The predicted octanol–water partition coefficient (Wildman–Crippen LogP) is 4.67.